The molecule has 4 aromatic rings. The molecule has 7 heteroatoms. The first-order valence-corrected chi connectivity index (χ1v) is 8.08. The molecule has 0 bridgehead atoms. The van der Waals surface area contributed by atoms with Crippen LogP contribution in [0.15, 0.2) is 78.4 Å². The molecule has 0 aromatic carbocycles. The highest BCUT2D eigenvalue weighted by molar-refractivity contribution is 5.72. The van der Waals surface area contributed by atoms with Crippen LogP contribution in [-0.2, 0) is 0 Å². The second kappa shape index (κ2) is 6.98. The SMILES string of the molecule is N#Cc1ncccc1-c1cc(-c2ncccn2)cn(-c2cccnc2)c1=O. The average Bonchev–Trinajstić information content (AvgIpc) is 2.75. The van der Waals surface area contributed by atoms with E-state index in [1.54, 1.807) is 67.4 Å². The molecule has 0 spiro atoms. The van der Waals surface area contributed by atoms with Crippen LogP contribution in [0.4, 0.5) is 0 Å². The van der Waals surface area contributed by atoms with E-state index in [0.717, 1.165) is 0 Å². The Kier molecular flexibility index (Phi) is 4.21. The van der Waals surface area contributed by atoms with Gasteiger partial charge in [-0.05, 0) is 36.4 Å². The van der Waals surface area contributed by atoms with Crippen molar-refractivity contribution in [2.24, 2.45) is 0 Å². The zero-order valence-corrected chi connectivity index (χ0v) is 14.0. The summed E-state index contributed by atoms with van der Waals surface area (Å²) in [6, 6.07) is 12.4. The molecule has 0 fully saturated rings. The van der Waals surface area contributed by atoms with Gasteiger partial charge in [0.25, 0.3) is 5.56 Å². The third-order valence-corrected chi connectivity index (χ3v) is 3.97. The molecule has 0 radical (unpaired) electrons. The van der Waals surface area contributed by atoms with Gasteiger partial charge in [-0.25, -0.2) is 15.0 Å². The third kappa shape index (κ3) is 3.07. The van der Waals surface area contributed by atoms with Gasteiger partial charge in [-0.2, -0.15) is 5.26 Å². The minimum Gasteiger partial charge on any atom is -0.281 e. The van der Waals surface area contributed by atoms with Gasteiger partial charge in [-0.3, -0.25) is 14.3 Å². The fraction of sp³-hybridized carbons (Fsp3) is 0. The maximum absolute atomic E-state index is 13.2. The molecule has 0 aliphatic carbocycles. The number of rotatable bonds is 3. The Morgan fingerprint density at radius 3 is 2.44 bits per heavy atom. The number of hydrogen-bond acceptors (Lipinski definition) is 6. The first-order valence-electron chi connectivity index (χ1n) is 8.08. The summed E-state index contributed by atoms with van der Waals surface area (Å²) in [4.78, 5) is 29.9. The summed E-state index contributed by atoms with van der Waals surface area (Å²) in [6.45, 7) is 0. The van der Waals surface area contributed by atoms with Crippen LogP contribution in [0.25, 0.3) is 28.2 Å². The van der Waals surface area contributed by atoms with E-state index in [9.17, 15) is 10.1 Å². The monoisotopic (exact) mass is 352 g/mol. The van der Waals surface area contributed by atoms with Crippen molar-refractivity contribution in [3.8, 4) is 34.3 Å². The van der Waals surface area contributed by atoms with Crippen LogP contribution in [0.1, 0.15) is 5.69 Å². The number of hydrogen-bond donors (Lipinski definition) is 0. The highest BCUT2D eigenvalue weighted by atomic mass is 16.1. The number of nitrogens with zero attached hydrogens (tertiary/aromatic N) is 6. The van der Waals surface area contributed by atoms with Crippen LogP contribution in [0.5, 0.6) is 0 Å². The zero-order chi connectivity index (χ0) is 18.6. The first-order chi connectivity index (χ1) is 13.3. The molecule has 0 saturated heterocycles. The molecule has 128 valence electrons. The standard InChI is InChI=1S/C20H12N6O/c21-11-18-16(5-2-7-23-18)17-10-14(19-24-8-3-9-25-19)13-26(20(17)27)15-4-1-6-22-12-15/h1-10,12-13H. The highest BCUT2D eigenvalue weighted by Crippen LogP contribution is 2.24. The lowest BCUT2D eigenvalue weighted by molar-refractivity contribution is 0.977. The molecule has 0 aliphatic heterocycles. The van der Waals surface area contributed by atoms with Crippen molar-refractivity contribution >= 4 is 0 Å². The van der Waals surface area contributed by atoms with Gasteiger partial charge >= 0.3 is 0 Å². The lowest BCUT2D eigenvalue weighted by Crippen LogP contribution is -2.20. The summed E-state index contributed by atoms with van der Waals surface area (Å²) < 4.78 is 1.47. The molecule has 0 atom stereocenters. The van der Waals surface area contributed by atoms with Crippen LogP contribution in [0, 0.1) is 11.3 Å². The largest absolute Gasteiger partial charge is 0.281 e. The predicted octanol–water partition coefficient (Wildman–Crippen LogP) is 2.62. The molecule has 4 rings (SSSR count). The Morgan fingerprint density at radius 2 is 1.70 bits per heavy atom. The quantitative estimate of drug-likeness (QED) is 0.562. The van der Waals surface area contributed by atoms with Crippen molar-refractivity contribution in [2.75, 3.05) is 0 Å². The topological polar surface area (TPSA) is 97.3 Å². The van der Waals surface area contributed by atoms with Crippen LogP contribution in [0.2, 0.25) is 0 Å². The Morgan fingerprint density at radius 1 is 0.926 bits per heavy atom. The van der Waals surface area contributed by atoms with Crippen molar-refractivity contribution in [3.63, 3.8) is 0 Å². The van der Waals surface area contributed by atoms with E-state index in [0.29, 0.717) is 28.2 Å². The second-order valence-corrected chi connectivity index (χ2v) is 5.61. The summed E-state index contributed by atoms with van der Waals surface area (Å²) in [6.07, 6.45) is 9.68. The minimum absolute atomic E-state index is 0.179. The van der Waals surface area contributed by atoms with Gasteiger partial charge < -0.3 is 0 Å². The molecule has 7 nitrogen and oxygen atoms in total. The van der Waals surface area contributed by atoms with Gasteiger partial charge in [0.1, 0.15) is 11.8 Å². The number of pyridine rings is 3. The van der Waals surface area contributed by atoms with Crippen LogP contribution < -0.4 is 5.56 Å². The van der Waals surface area contributed by atoms with Crippen molar-refractivity contribution in [1.29, 1.82) is 5.26 Å². The zero-order valence-electron chi connectivity index (χ0n) is 14.0. The minimum atomic E-state index is -0.285. The Balaban J connectivity index is 2.04. The van der Waals surface area contributed by atoms with Crippen molar-refractivity contribution in [3.05, 3.63) is 89.6 Å². The summed E-state index contributed by atoms with van der Waals surface area (Å²) in [5.41, 5.74) is 1.94. The molecule has 0 unspecified atom stereocenters. The van der Waals surface area contributed by atoms with E-state index in [-0.39, 0.29) is 11.3 Å². The van der Waals surface area contributed by atoms with E-state index in [2.05, 4.69) is 19.9 Å². The first kappa shape index (κ1) is 16.3. The van der Waals surface area contributed by atoms with Crippen molar-refractivity contribution in [1.82, 2.24) is 24.5 Å². The maximum atomic E-state index is 13.2. The molecule has 0 saturated carbocycles. The molecular formula is C20H12N6O. The number of nitriles is 1. The second-order valence-electron chi connectivity index (χ2n) is 5.61. The van der Waals surface area contributed by atoms with Gasteiger partial charge in [-0.15, -0.1) is 0 Å². The lowest BCUT2D eigenvalue weighted by Gasteiger charge is -2.12. The normalized spacial score (nSPS) is 10.3. The molecular weight excluding hydrogens is 340 g/mol. The fourth-order valence-electron chi connectivity index (χ4n) is 2.75. The van der Waals surface area contributed by atoms with Crippen LogP contribution >= 0.6 is 0 Å². The van der Waals surface area contributed by atoms with Crippen molar-refractivity contribution in [2.45, 2.75) is 0 Å². The van der Waals surface area contributed by atoms with Gasteiger partial charge in [0.05, 0.1) is 17.4 Å². The van der Waals surface area contributed by atoms with Crippen LogP contribution in [0.3, 0.4) is 0 Å². The van der Waals surface area contributed by atoms with E-state index < -0.39 is 0 Å². The summed E-state index contributed by atoms with van der Waals surface area (Å²) >= 11 is 0. The molecule has 27 heavy (non-hydrogen) atoms. The fourth-order valence-corrected chi connectivity index (χ4v) is 2.75. The molecule has 0 N–H and O–H groups in total. The number of aromatic nitrogens is 5. The van der Waals surface area contributed by atoms with Gasteiger partial charge in [0.2, 0.25) is 0 Å². The molecule has 0 amide bonds. The van der Waals surface area contributed by atoms with E-state index in [1.165, 1.54) is 10.8 Å². The summed E-state index contributed by atoms with van der Waals surface area (Å²) in [5.74, 6) is 0.471. The van der Waals surface area contributed by atoms with Crippen LogP contribution in [-0.4, -0.2) is 24.5 Å². The predicted molar refractivity (Wildman–Crippen MR) is 98.8 cm³/mol. The Hall–Kier alpha value is -4.18. The maximum Gasteiger partial charge on any atom is 0.263 e. The Labute approximate surface area is 154 Å². The van der Waals surface area contributed by atoms with E-state index >= 15 is 0 Å². The van der Waals surface area contributed by atoms with Gasteiger partial charge in [-0.1, -0.05) is 0 Å². The smallest absolute Gasteiger partial charge is 0.263 e. The van der Waals surface area contributed by atoms with Crippen molar-refractivity contribution < 1.29 is 0 Å². The Bertz CT molecular complexity index is 1200. The third-order valence-electron chi connectivity index (χ3n) is 3.97. The van der Waals surface area contributed by atoms with E-state index in [1.807, 2.05) is 6.07 Å². The molecule has 4 heterocycles. The summed E-state index contributed by atoms with van der Waals surface area (Å²) in [5, 5.41) is 9.39. The average molecular weight is 352 g/mol. The molecule has 0 aliphatic rings. The van der Waals surface area contributed by atoms with Gasteiger partial charge in [0, 0.05) is 42.1 Å². The van der Waals surface area contributed by atoms with E-state index in [4.69, 9.17) is 0 Å². The highest BCUT2D eigenvalue weighted by Gasteiger charge is 2.16. The summed E-state index contributed by atoms with van der Waals surface area (Å²) in [7, 11) is 0. The molecule has 4 aromatic heterocycles. The van der Waals surface area contributed by atoms with Gasteiger partial charge in [0.15, 0.2) is 5.82 Å². The lowest BCUT2D eigenvalue weighted by atomic mass is 10.0.